The fraction of sp³-hybridized carbons (Fsp3) is 0.389. The first-order chi connectivity index (χ1) is 11.6. The van der Waals surface area contributed by atoms with E-state index in [9.17, 15) is 14.3 Å². The number of rotatable bonds is 6. The number of amides is 1. The lowest BCUT2D eigenvalue weighted by Gasteiger charge is -2.26. The van der Waals surface area contributed by atoms with E-state index < -0.39 is 6.10 Å². The van der Waals surface area contributed by atoms with Gasteiger partial charge in [0.2, 0.25) is 0 Å². The summed E-state index contributed by atoms with van der Waals surface area (Å²) in [5, 5.41) is 10.2. The number of furan rings is 1. The topological polar surface area (TPSA) is 62.9 Å². The summed E-state index contributed by atoms with van der Waals surface area (Å²) in [5.74, 6) is 0.488. The van der Waals surface area contributed by atoms with Crippen molar-refractivity contribution in [1.82, 2.24) is 4.90 Å². The Balaban J connectivity index is 1.54. The average molecular weight is 333 g/mol. The van der Waals surface area contributed by atoms with Crippen molar-refractivity contribution in [1.29, 1.82) is 0 Å². The number of carbonyl (C=O) groups is 1. The Kier molecular flexibility index (Phi) is 5.15. The summed E-state index contributed by atoms with van der Waals surface area (Å²) in [6.45, 7) is 0.556. The van der Waals surface area contributed by atoms with E-state index in [0.29, 0.717) is 24.5 Å². The zero-order valence-electron chi connectivity index (χ0n) is 13.2. The van der Waals surface area contributed by atoms with Gasteiger partial charge in [-0.05, 0) is 49.2 Å². The average Bonchev–Trinajstić information content (AvgIpc) is 3.25. The van der Waals surface area contributed by atoms with Crippen molar-refractivity contribution < 1.29 is 23.4 Å². The minimum absolute atomic E-state index is 0.0329. The van der Waals surface area contributed by atoms with Gasteiger partial charge < -0.3 is 19.2 Å². The molecule has 1 N–H and O–H groups in total. The molecule has 2 aromatic rings. The Bertz CT molecular complexity index is 656. The van der Waals surface area contributed by atoms with E-state index in [1.807, 2.05) is 0 Å². The number of likely N-dealkylation sites (tertiary alicyclic amines) is 1. The van der Waals surface area contributed by atoms with Gasteiger partial charge >= 0.3 is 0 Å². The smallest absolute Gasteiger partial charge is 0.260 e. The molecule has 24 heavy (non-hydrogen) atoms. The molecule has 3 rings (SSSR count). The molecule has 1 amide bonds. The van der Waals surface area contributed by atoms with Crippen molar-refractivity contribution in [2.24, 2.45) is 0 Å². The van der Waals surface area contributed by atoms with Crippen LogP contribution in [0.1, 0.15) is 31.1 Å². The predicted octanol–water partition coefficient (Wildman–Crippen LogP) is 2.91. The van der Waals surface area contributed by atoms with E-state index in [0.717, 1.165) is 12.8 Å². The Labute approximate surface area is 139 Å². The second kappa shape index (κ2) is 7.49. The van der Waals surface area contributed by atoms with Crippen molar-refractivity contribution in [2.45, 2.75) is 31.4 Å². The van der Waals surface area contributed by atoms with Gasteiger partial charge in [-0.15, -0.1) is 0 Å². The van der Waals surface area contributed by atoms with E-state index in [2.05, 4.69) is 0 Å². The van der Waals surface area contributed by atoms with Crippen molar-refractivity contribution in [2.75, 3.05) is 13.2 Å². The molecular formula is C18H20FNO4. The molecule has 0 spiro atoms. The molecule has 2 heterocycles. The number of ether oxygens (including phenoxy) is 1. The minimum Gasteiger partial charge on any atom is -0.484 e. The highest BCUT2D eigenvalue weighted by Crippen LogP contribution is 2.27. The summed E-state index contributed by atoms with van der Waals surface area (Å²) in [4.78, 5) is 14.1. The molecule has 128 valence electrons. The maximum Gasteiger partial charge on any atom is 0.260 e. The molecule has 0 aliphatic carbocycles. The largest absolute Gasteiger partial charge is 0.484 e. The molecule has 6 heteroatoms. The first-order valence-corrected chi connectivity index (χ1v) is 8.03. The summed E-state index contributed by atoms with van der Waals surface area (Å²) >= 11 is 0. The zero-order valence-corrected chi connectivity index (χ0v) is 13.2. The number of hydrogen-bond acceptors (Lipinski definition) is 4. The third-order valence-electron chi connectivity index (χ3n) is 4.24. The van der Waals surface area contributed by atoms with Crippen LogP contribution in [-0.2, 0) is 4.79 Å². The van der Waals surface area contributed by atoms with Crippen LogP contribution in [0.25, 0.3) is 0 Å². The van der Waals surface area contributed by atoms with Gasteiger partial charge in [0.25, 0.3) is 5.91 Å². The molecule has 5 nitrogen and oxygen atoms in total. The third-order valence-corrected chi connectivity index (χ3v) is 4.24. The summed E-state index contributed by atoms with van der Waals surface area (Å²) in [5.41, 5.74) is 0. The van der Waals surface area contributed by atoms with E-state index in [4.69, 9.17) is 9.15 Å². The molecule has 0 radical (unpaired) electrons. The number of hydrogen-bond donors (Lipinski definition) is 1. The fourth-order valence-electron chi connectivity index (χ4n) is 3.02. The van der Waals surface area contributed by atoms with Gasteiger partial charge in [-0.25, -0.2) is 4.39 Å². The first-order valence-electron chi connectivity index (χ1n) is 8.03. The highest BCUT2D eigenvalue weighted by molar-refractivity contribution is 5.78. The molecule has 1 saturated heterocycles. The Hall–Kier alpha value is -2.34. The van der Waals surface area contributed by atoms with Crippen molar-refractivity contribution in [3.8, 4) is 5.75 Å². The van der Waals surface area contributed by atoms with Crippen LogP contribution in [0.3, 0.4) is 0 Å². The number of aliphatic hydroxyl groups excluding tert-OH is 1. The summed E-state index contributed by atoms with van der Waals surface area (Å²) in [7, 11) is 0. The normalized spacial score (nSPS) is 18.6. The van der Waals surface area contributed by atoms with Gasteiger partial charge in [-0.1, -0.05) is 0 Å². The zero-order chi connectivity index (χ0) is 16.9. The monoisotopic (exact) mass is 333 g/mol. The number of benzene rings is 1. The minimum atomic E-state index is -0.726. The SMILES string of the molecule is O=C(COc1ccc(F)cc1)N1CCC[C@@H]1C[C@H](O)c1ccco1. The van der Waals surface area contributed by atoms with Crippen LogP contribution in [0.5, 0.6) is 5.75 Å². The second-order valence-corrected chi connectivity index (χ2v) is 5.89. The molecule has 1 aliphatic heterocycles. The van der Waals surface area contributed by atoms with Gasteiger partial charge in [0, 0.05) is 19.0 Å². The van der Waals surface area contributed by atoms with E-state index in [1.54, 1.807) is 17.0 Å². The lowest BCUT2D eigenvalue weighted by atomic mass is 10.1. The van der Waals surface area contributed by atoms with Gasteiger partial charge in [-0.2, -0.15) is 0 Å². The molecule has 0 saturated carbocycles. The van der Waals surface area contributed by atoms with Gasteiger partial charge in [-0.3, -0.25) is 4.79 Å². The van der Waals surface area contributed by atoms with Crippen LogP contribution in [-0.4, -0.2) is 35.1 Å². The van der Waals surface area contributed by atoms with Crippen LogP contribution in [0.4, 0.5) is 4.39 Å². The highest BCUT2D eigenvalue weighted by atomic mass is 19.1. The van der Waals surface area contributed by atoms with E-state index >= 15 is 0 Å². The third kappa shape index (κ3) is 3.94. The molecule has 0 bridgehead atoms. The maximum atomic E-state index is 12.9. The maximum absolute atomic E-state index is 12.9. The molecular weight excluding hydrogens is 313 g/mol. The highest BCUT2D eigenvalue weighted by Gasteiger charge is 2.31. The van der Waals surface area contributed by atoms with Crippen LogP contribution in [0.15, 0.2) is 47.1 Å². The van der Waals surface area contributed by atoms with Crippen molar-refractivity contribution in [3.05, 3.63) is 54.2 Å². The van der Waals surface area contributed by atoms with Gasteiger partial charge in [0.1, 0.15) is 23.4 Å². The van der Waals surface area contributed by atoms with Crippen molar-refractivity contribution >= 4 is 5.91 Å². The molecule has 1 aromatic carbocycles. The lowest BCUT2D eigenvalue weighted by molar-refractivity contribution is -0.134. The van der Waals surface area contributed by atoms with Crippen LogP contribution < -0.4 is 4.74 Å². The number of halogens is 1. The van der Waals surface area contributed by atoms with Crippen LogP contribution >= 0.6 is 0 Å². The van der Waals surface area contributed by atoms with E-state index in [-0.39, 0.29) is 24.4 Å². The predicted molar refractivity (Wildman–Crippen MR) is 84.9 cm³/mol. The molecule has 1 aromatic heterocycles. The van der Waals surface area contributed by atoms with Gasteiger partial charge in [0.15, 0.2) is 6.61 Å². The first kappa shape index (κ1) is 16.5. The van der Waals surface area contributed by atoms with Crippen LogP contribution in [0, 0.1) is 5.82 Å². The molecule has 1 aliphatic rings. The number of carbonyl (C=O) groups excluding carboxylic acids is 1. The standard InChI is InChI=1S/C18H20FNO4/c19-13-5-7-15(8-6-13)24-12-18(22)20-9-1-3-14(20)11-16(21)17-4-2-10-23-17/h2,4-8,10,14,16,21H,1,3,9,11-12H2/t14-,16+/m1/s1. The summed E-state index contributed by atoms with van der Waals surface area (Å²) < 4.78 is 23.5. The molecule has 0 unspecified atom stereocenters. The molecule has 2 atom stereocenters. The van der Waals surface area contributed by atoms with E-state index in [1.165, 1.54) is 30.5 Å². The second-order valence-electron chi connectivity index (χ2n) is 5.89. The van der Waals surface area contributed by atoms with Crippen molar-refractivity contribution in [3.63, 3.8) is 0 Å². The van der Waals surface area contributed by atoms with Crippen LogP contribution in [0.2, 0.25) is 0 Å². The Morgan fingerprint density at radius 1 is 1.38 bits per heavy atom. The Morgan fingerprint density at radius 3 is 2.88 bits per heavy atom. The number of aliphatic hydroxyl groups is 1. The fourth-order valence-corrected chi connectivity index (χ4v) is 3.02. The quantitative estimate of drug-likeness (QED) is 0.883. The summed E-state index contributed by atoms with van der Waals surface area (Å²) in [6, 6.07) is 8.98. The Morgan fingerprint density at radius 2 is 2.17 bits per heavy atom. The van der Waals surface area contributed by atoms with Gasteiger partial charge in [0.05, 0.1) is 6.26 Å². The summed E-state index contributed by atoms with van der Waals surface area (Å²) in [6.07, 6.45) is 2.98. The molecule has 1 fully saturated rings. The number of nitrogens with zero attached hydrogens (tertiary/aromatic N) is 1. The lowest BCUT2D eigenvalue weighted by Crippen LogP contribution is -2.39.